The van der Waals surface area contributed by atoms with Gasteiger partial charge < -0.3 is 10.4 Å². The number of aliphatic hydroxyl groups is 1. The van der Waals surface area contributed by atoms with Crippen LogP contribution in [0.4, 0.5) is 5.82 Å². The van der Waals surface area contributed by atoms with Crippen molar-refractivity contribution in [1.29, 1.82) is 0 Å². The van der Waals surface area contributed by atoms with Crippen LogP contribution in [0, 0.1) is 6.92 Å². The minimum absolute atomic E-state index is 0.221. The van der Waals surface area contributed by atoms with Gasteiger partial charge in [-0.2, -0.15) is 5.10 Å². The molecule has 8 heteroatoms. The quantitative estimate of drug-likeness (QED) is 0.501. The van der Waals surface area contributed by atoms with Crippen molar-refractivity contribution in [2.45, 2.75) is 25.1 Å². The van der Waals surface area contributed by atoms with Crippen LogP contribution in [0.1, 0.15) is 34.5 Å². The Morgan fingerprint density at radius 3 is 2.52 bits per heavy atom. The van der Waals surface area contributed by atoms with Crippen molar-refractivity contribution in [2.24, 2.45) is 7.05 Å². The van der Waals surface area contributed by atoms with Crippen molar-refractivity contribution in [3.05, 3.63) is 80.4 Å². The lowest BCUT2D eigenvalue weighted by atomic mass is 9.82. The van der Waals surface area contributed by atoms with Crippen molar-refractivity contribution in [3.8, 4) is 0 Å². The number of aromatic nitrogens is 2. The maximum atomic E-state index is 13.0. The fourth-order valence-corrected chi connectivity index (χ4v) is 4.21. The van der Waals surface area contributed by atoms with Crippen molar-refractivity contribution < 1.29 is 9.90 Å². The summed E-state index contributed by atoms with van der Waals surface area (Å²) in [6.45, 7) is 1.93. The summed E-state index contributed by atoms with van der Waals surface area (Å²) in [5, 5.41) is 21.9. The van der Waals surface area contributed by atoms with Crippen molar-refractivity contribution in [3.63, 3.8) is 0 Å². The van der Waals surface area contributed by atoms with Crippen molar-refractivity contribution in [1.82, 2.24) is 15.1 Å². The lowest BCUT2D eigenvalue weighted by molar-refractivity contribution is -0.119. The zero-order chi connectivity index (χ0) is 20.7. The van der Waals surface area contributed by atoms with Gasteiger partial charge in [0.15, 0.2) is 0 Å². The molecule has 29 heavy (non-hydrogen) atoms. The van der Waals surface area contributed by atoms with Gasteiger partial charge in [0.2, 0.25) is 5.91 Å². The van der Waals surface area contributed by atoms with Crippen LogP contribution in [-0.4, -0.2) is 26.8 Å². The van der Waals surface area contributed by atoms with Crippen LogP contribution < -0.4 is 10.6 Å². The van der Waals surface area contributed by atoms with Crippen LogP contribution in [0.2, 0.25) is 5.02 Å². The van der Waals surface area contributed by atoms with Gasteiger partial charge in [-0.15, -0.1) is 0 Å². The average Bonchev–Trinajstić information content (AvgIpc) is 2.97. The summed E-state index contributed by atoms with van der Waals surface area (Å²) in [7, 11) is 1.81. The number of aliphatic hydroxyl groups excluding tert-OH is 1. The van der Waals surface area contributed by atoms with Crippen LogP contribution in [-0.2, 0) is 11.8 Å². The highest BCUT2D eigenvalue weighted by Gasteiger charge is 2.41. The lowest BCUT2D eigenvalue weighted by Gasteiger charge is -2.34. The summed E-state index contributed by atoms with van der Waals surface area (Å²) in [5.41, 5.74) is 3.37. The van der Waals surface area contributed by atoms with E-state index in [2.05, 4.69) is 31.7 Å². The summed E-state index contributed by atoms with van der Waals surface area (Å²) >= 11 is 9.41. The summed E-state index contributed by atoms with van der Waals surface area (Å²) < 4.78 is 2.63. The van der Waals surface area contributed by atoms with Gasteiger partial charge in [0.1, 0.15) is 18.1 Å². The van der Waals surface area contributed by atoms with Crippen molar-refractivity contribution >= 4 is 39.3 Å². The number of carbonyl (C=O) groups is 1. The smallest absolute Gasteiger partial charge is 0.243 e. The molecule has 3 atom stereocenters. The van der Waals surface area contributed by atoms with Crippen LogP contribution >= 0.6 is 27.5 Å². The fraction of sp³-hybridized carbons (Fsp3) is 0.238. The van der Waals surface area contributed by atoms with Crippen LogP contribution in [0.5, 0.6) is 0 Å². The number of nitrogens with zero attached hydrogens (tertiary/aromatic N) is 2. The second kappa shape index (κ2) is 7.91. The Hall–Kier alpha value is -2.19. The largest absolute Gasteiger partial charge is 0.374 e. The molecule has 2 heterocycles. The Bertz CT molecular complexity index is 1050. The summed E-state index contributed by atoms with van der Waals surface area (Å²) in [6, 6.07) is 14.0. The van der Waals surface area contributed by atoms with Gasteiger partial charge in [0.25, 0.3) is 0 Å². The minimum atomic E-state index is -1.03. The first-order valence-electron chi connectivity index (χ1n) is 9.14. The predicted octanol–water partition coefficient (Wildman–Crippen LogP) is 3.88. The summed E-state index contributed by atoms with van der Waals surface area (Å²) in [4.78, 5) is 13.0. The van der Waals surface area contributed by atoms with Gasteiger partial charge >= 0.3 is 0 Å². The zero-order valence-corrected chi connectivity index (χ0v) is 18.2. The van der Waals surface area contributed by atoms with E-state index in [1.165, 1.54) is 0 Å². The van der Waals surface area contributed by atoms with E-state index in [1.54, 1.807) is 36.0 Å². The number of amides is 1. The lowest BCUT2D eigenvalue weighted by Crippen LogP contribution is -2.49. The highest BCUT2D eigenvalue weighted by atomic mass is 79.9. The third kappa shape index (κ3) is 3.83. The molecule has 3 unspecified atom stereocenters. The second-order valence-corrected chi connectivity index (χ2v) is 8.44. The molecule has 1 aliphatic heterocycles. The van der Waals surface area contributed by atoms with E-state index in [4.69, 9.17) is 11.6 Å². The number of anilines is 1. The van der Waals surface area contributed by atoms with Gasteiger partial charge in [-0.3, -0.25) is 14.8 Å². The second-order valence-electron chi connectivity index (χ2n) is 7.09. The average molecular weight is 476 g/mol. The zero-order valence-electron chi connectivity index (χ0n) is 15.9. The molecular formula is C21H20BrClN4O2. The van der Waals surface area contributed by atoms with Gasteiger partial charge in [-0.1, -0.05) is 51.8 Å². The number of fused-ring (bicyclic) bond motifs is 1. The third-order valence-electron chi connectivity index (χ3n) is 5.19. The number of rotatable bonds is 4. The van der Waals surface area contributed by atoms with E-state index in [1.807, 2.05) is 31.2 Å². The number of hydrogen-bond donors (Lipinski definition) is 3. The molecule has 1 aliphatic rings. The van der Waals surface area contributed by atoms with Crippen molar-refractivity contribution in [2.75, 3.05) is 5.32 Å². The number of halogens is 2. The van der Waals surface area contributed by atoms with E-state index >= 15 is 0 Å². The predicted molar refractivity (Wildman–Crippen MR) is 116 cm³/mol. The molecule has 1 aromatic heterocycles. The molecule has 0 saturated carbocycles. The molecule has 0 fully saturated rings. The van der Waals surface area contributed by atoms with Crippen LogP contribution in [0.15, 0.2) is 53.0 Å². The molecule has 3 aromatic rings. The fourth-order valence-electron chi connectivity index (χ4n) is 3.82. The van der Waals surface area contributed by atoms with Crippen LogP contribution in [0.25, 0.3) is 0 Å². The molecule has 0 radical (unpaired) electrons. The Kier molecular flexibility index (Phi) is 5.48. The maximum absolute atomic E-state index is 13.0. The molecule has 0 aliphatic carbocycles. The molecular weight excluding hydrogens is 456 g/mol. The highest BCUT2D eigenvalue weighted by Crippen LogP contribution is 2.40. The molecule has 1 amide bonds. The molecule has 0 spiro atoms. The first kappa shape index (κ1) is 20.1. The number of aryl methyl sites for hydroxylation is 2. The molecule has 4 rings (SSSR count). The minimum Gasteiger partial charge on any atom is -0.374 e. The Balaban J connectivity index is 1.76. The number of hydrogen-bond acceptors (Lipinski definition) is 4. The first-order chi connectivity index (χ1) is 13.8. The van der Waals surface area contributed by atoms with Gasteiger partial charge in [0, 0.05) is 28.0 Å². The van der Waals surface area contributed by atoms with Gasteiger partial charge in [0.05, 0.1) is 5.69 Å². The molecule has 0 saturated heterocycles. The Morgan fingerprint density at radius 2 is 1.86 bits per heavy atom. The SMILES string of the molecule is Cc1nn(C)c2c1C(c1ccc(Br)cc1)C(NC(O)c1ccc(Cl)cc1)C(=O)N2. The van der Waals surface area contributed by atoms with E-state index in [0.29, 0.717) is 16.4 Å². The summed E-state index contributed by atoms with van der Waals surface area (Å²) in [6.07, 6.45) is -1.03. The van der Waals surface area contributed by atoms with Gasteiger partial charge in [-0.05, 0) is 42.3 Å². The molecule has 6 nitrogen and oxygen atoms in total. The van der Waals surface area contributed by atoms with E-state index in [-0.39, 0.29) is 11.8 Å². The maximum Gasteiger partial charge on any atom is 0.243 e. The number of carbonyl (C=O) groups excluding carboxylic acids is 1. The standard InChI is InChI=1S/C21H20BrClN4O2/c1-11-16-17(12-3-7-14(22)8-4-12)18(21(29)25-19(16)27(2)26-11)24-20(28)13-5-9-15(23)10-6-13/h3-10,17-18,20,24,28H,1-2H3,(H,25,29). The Labute approximate surface area is 182 Å². The Morgan fingerprint density at radius 1 is 1.21 bits per heavy atom. The topological polar surface area (TPSA) is 79.2 Å². The number of nitrogens with one attached hydrogen (secondary N) is 2. The van der Waals surface area contributed by atoms with E-state index < -0.39 is 12.3 Å². The molecule has 150 valence electrons. The van der Waals surface area contributed by atoms with E-state index in [0.717, 1.165) is 21.3 Å². The molecule has 0 bridgehead atoms. The molecule has 2 aromatic carbocycles. The monoisotopic (exact) mass is 474 g/mol. The summed E-state index contributed by atoms with van der Waals surface area (Å²) in [5.74, 6) is 0.156. The normalized spacial score (nSPS) is 19.6. The van der Waals surface area contributed by atoms with Crippen LogP contribution in [0.3, 0.4) is 0 Å². The van der Waals surface area contributed by atoms with E-state index in [9.17, 15) is 9.90 Å². The third-order valence-corrected chi connectivity index (χ3v) is 5.97. The number of benzene rings is 2. The first-order valence-corrected chi connectivity index (χ1v) is 10.3. The molecule has 3 N–H and O–H groups in total. The highest BCUT2D eigenvalue weighted by molar-refractivity contribution is 9.10. The van der Waals surface area contributed by atoms with Gasteiger partial charge in [-0.25, -0.2) is 0 Å².